The van der Waals surface area contributed by atoms with E-state index in [1.165, 1.54) is 12.1 Å². The van der Waals surface area contributed by atoms with Crippen molar-refractivity contribution in [2.75, 3.05) is 0 Å². The van der Waals surface area contributed by atoms with E-state index < -0.39 is 11.8 Å². The number of rotatable bonds is 6. The van der Waals surface area contributed by atoms with Crippen LogP contribution in [0.5, 0.6) is 5.75 Å². The van der Waals surface area contributed by atoms with Crippen LogP contribution >= 0.6 is 15.9 Å². The number of nitriles is 1. The number of aromatic carboxylic acids is 1. The van der Waals surface area contributed by atoms with E-state index in [0.29, 0.717) is 15.8 Å². The van der Waals surface area contributed by atoms with Crippen LogP contribution in [0.2, 0.25) is 0 Å². The van der Waals surface area contributed by atoms with Crippen molar-refractivity contribution < 1.29 is 19.0 Å². The van der Waals surface area contributed by atoms with Crippen LogP contribution in [0.1, 0.15) is 27.0 Å². The number of allylic oxidation sites excluding steroid dienone is 1. The maximum Gasteiger partial charge on any atom is 0.335 e. The zero-order valence-electron chi connectivity index (χ0n) is 15.1. The Labute approximate surface area is 175 Å². The van der Waals surface area contributed by atoms with Crippen LogP contribution in [-0.4, -0.2) is 11.1 Å². The molecular weight excluding hydrogens is 437 g/mol. The van der Waals surface area contributed by atoms with Gasteiger partial charge in [-0.05, 0) is 63.5 Å². The second kappa shape index (κ2) is 9.18. The lowest BCUT2D eigenvalue weighted by Gasteiger charge is -2.10. The molecule has 144 valence electrons. The first-order valence-corrected chi connectivity index (χ1v) is 9.38. The zero-order chi connectivity index (χ0) is 20.8. The first-order chi connectivity index (χ1) is 14.0. The summed E-state index contributed by atoms with van der Waals surface area (Å²) in [6.45, 7) is 0.202. The summed E-state index contributed by atoms with van der Waals surface area (Å²) in [7, 11) is 0. The fourth-order valence-electron chi connectivity index (χ4n) is 2.70. The van der Waals surface area contributed by atoms with Gasteiger partial charge in [0.05, 0.1) is 21.7 Å². The van der Waals surface area contributed by atoms with Gasteiger partial charge in [0.25, 0.3) is 0 Å². The molecule has 1 N–H and O–H groups in total. The zero-order valence-corrected chi connectivity index (χ0v) is 16.7. The number of carbonyl (C=O) groups is 1. The van der Waals surface area contributed by atoms with Crippen molar-refractivity contribution in [1.82, 2.24) is 0 Å². The largest absolute Gasteiger partial charge is 0.488 e. The lowest BCUT2D eigenvalue weighted by Crippen LogP contribution is -2.00. The molecule has 4 nitrogen and oxygen atoms in total. The molecule has 0 spiro atoms. The lowest BCUT2D eigenvalue weighted by atomic mass is 10.0. The number of hydrogen-bond donors (Lipinski definition) is 1. The van der Waals surface area contributed by atoms with Crippen LogP contribution in [0.3, 0.4) is 0 Å². The third kappa shape index (κ3) is 5.09. The summed E-state index contributed by atoms with van der Waals surface area (Å²) in [6, 6.07) is 19.9. The number of ether oxygens (including phenoxy) is 1. The molecule has 0 amide bonds. The third-order valence-corrected chi connectivity index (χ3v) is 4.74. The van der Waals surface area contributed by atoms with Crippen LogP contribution < -0.4 is 4.74 Å². The molecule has 0 saturated carbocycles. The summed E-state index contributed by atoms with van der Waals surface area (Å²) in [5, 5.41) is 18.5. The minimum atomic E-state index is -0.993. The normalized spacial score (nSPS) is 11.0. The van der Waals surface area contributed by atoms with Gasteiger partial charge in [-0.1, -0.05) is 36.4 Å². The van der Waals surface area contributed by atoms with Gasteiger partial charge in [0, 0.05) is 5.56 Å². The van der Waals surface area contributed by atoms with E-state index in [1.54, 1.807) is 60.7 Å². The average Bonchev–Trinajstić information content (AvgIpc) is 2.72. The summed E-state index contributed by atoms with van der Waals surface area (Å²) in [4.78, 5) is 11.1. The summed E-state index contributed by atoms with van der Waals surface area (Å²) < 4.78 is 20.4. The maximum absolute atomic E-state index is 14.0. The second-order valence-corrected chi connectivity index (χ2v) is 6.99. The molecule has 0 saturated heterocycles. The van der Waals surface area contributed by atoms with Gasteiger partial charge in [-0.3, -0.25) is 0 Å². The number of benzene rings is 3. The van der Waals surface area contributed by atoms with E-state index in [2.05, 4.69) is 15.9 Å². The molecule has 6 heteroatoms. The Morgan fingerprint density at radius 2 is 1.93 bits per heavy atom. The van der Waals surface area contributed by atoms with Gasteiger partial charge < -0.3 is 9.84 Å². The molecule has 3 aromatic rings. The number of nitrogens with zero attached hydrogens (tertiary/aromatic N) is 1. The van der Waals surface area contributed by atoms with Gasteiger partial charge >= 0.3 is 5.97 Å². The van der Waals surface area contributed by atoms with Crippen molar-refractivity contribution in [1.29, 1.82) is 5.26 Å². The minimum Gasteiger partial charge on any atom is -0.488 e. The standard InChI is InChI=1S/C23H15BrFNO3/c24-20-12-15(10-18(13-26)19-6-1-2-7-21(19)25)8-9-22(20)29-14-16-4-3-5-17(11-16)23(27)28/h1-12H,14H2,(H,27,28). The molecule has 3 aromatic carbocycles. The molecule has 0 fully saturated rings. The highest BCUT2D eigenvalue weighted by Crippen LogP contribution is 2.29. The van der Waals surface area contributed by atoms with E-state index in [0.717, 1.165) is 5.56 Å². The average molecular weight is 452 g/mol. The SMILES string of the molecule is N#CC(=Cc1ccc(OCc2cccc(C(=O)O)c2)c(Br)c1)c1ccccc1F. The van der Waals surface area contributed by atoms with Crippen molar-refractivity contribution in [3.8, 4) is 11.8 Å². The Kier molecular flexibility index (Phi) is 6.43. The highest BCUT2D eigenvalue weighted by Gasteiger charge is 2.09. The molecule has 0 unspecified atom stereocenters. The first kappa shape index (κ1) is 20.3. The molecular formula is C23H15BrFNO3. The second-order valence-electron chi connectivity index (χ2n) is 6.13. The molecule has 0 atom stereocenters. The molecule has 0 bridgehead atoms. The first-order valence-electron chi connectivity index (χ1n) is 8.59. The van der Waals surface area contributed by atoms with Gasteiger partial charge in [-0.2, -0.15) is 5.26 Å². The third-order valence-electron chi connectivity index (χ3n) is 4.12. The van der Waals surface area contributed by atoms with Crippen molar-refractivity contribution in [2.24, 2.45) is 0 Å². The minimum absolute atomic E-state index is 0.197. The monoisotopic (exact) mass is 451 g/mol. The van der Waals surface area contributed by atoms with Crippen LogP contribution in [0, 0.1) is 17.1 Å². The van der Waals surface area contributed by atoms with E-state index >= 15 is 0 Å². The summed E-state index contributed by atoms with van der Waals surface area (Å²) in [5.41, 5.74) is 2.09. The Bertz CT molecular complexity index is 1130. The van der Waals surface area contributed by atoms with Crippen molar-refractivity contribution in [3.05, 3.63) is 99.3 Å². The van der Waals surface area contributed by atoms with E-state index in [-0.39, 0.29) is 23.3 Å². The molecule has 29 heavy (non-hydrogen) atoms. The summed E-state index contributed by atoms with van der Waals surface area (Å²) in [5.74, 6) is -0.887. The smallest absolute Gasteiger partial charge is 0.335 e. The Balaban J connectivity index is 1.78. The van der Waals surface area contributed by atoms with E-state index in [4.69, 9.17) is 9.84 Å². The van der Waals surface area contributed by atoms with Crippen LogP contribution in [0.15, 0.2) is 71.2 Å². The highest BCUT2D eigenvalue weighted by atomic mass is 79.9. The Hall–Kier alpha value is -3.43. The lowest BCUT2D eigenvalue weighted by molar-refractivity contribution is 0.0696. The predicted octanol–water partition coefficient (Wildman–Crippen LogP) is 5.93. The van der Waals surface area contributed by atoms with E-state index in [1.807, 2.05) is 6.07 Å². The molecule has 0 heterocycles. The van der Waals surface area contributed by atoms with Gasteiger partial charge in [0.1, 0.15) is 18.2 Å². The molecule has 0 aliphatic carbocycles. The summed E-state index contributed by atoms with van der Waals surface area (Å²) in [6.07, 6.45) is 1.60. The molecule has 0 aliphatic heterocycles. The van der Waals surface area contributed by atoms with Gasteiger partial charge in [0.15, 0.2) is 0 Å². The van der Waals surface area contributed by atoms with Crippen molar-refractivity contribution >= 4 is 33.5 Å². The molecule has 0 aliphatic rings. The van der Waals surface area contributed by atoms with E-state index in [9.17, 15) is 14.4 Å². The number of carboxylic acids is 1. The van der Waals surface area contributed by atoms with Gasteiger partial charge in [-0.25, -0.2) is 9.18 Å². The quantitative estimate of drug-likeness (QED) is 0.372. The number of carboxylic acid groups (broad SMARTS) is 1. The fourth-order valence-corrected chi connectivity index (χ4v) is 3.21. The molecule has 0 aromatic heterocycles. The molecule has 3 rings (SSSR count). The van der Waals surface area contributed by atoms with Crippen molar-refractivity contribution in [2.45, 2.75) is 6.61 Å². The highest BCUT2D eigenvalue weighted by molar-refractivity contribution is 9.10. The van der Waals surface area contributed by atoms with Crippen LogP contribution in [-0.2, 0) is 6.61 Å². The predicted molar refractivity (Wildman–Crippen MR) is 112 cm³/mol. The number of halogens is 2. The van der Waals surface area contributed by atoms with Gasteiger partial charge in [-0.15, -0.1) is 0 Å². The number of hydrogen-bond acceptors (Lipinski definition) is 3. The summed E-state index contributed by atoms with van der Waals surface area (Å²) >= 11 is 3.44. The fraction of sp³-hybridized carbons (Fsp3) is 0.0435. The molecule has 0 radical (unpaired) electrons. The van der Waals surface area contributed by atoms with Crippen molar-refractivity contribution in [3.63, 3.8) is 0 Å². The topological polar surface area (TPSA) is 70.3 Å². The Morgan fingerprint density at radius 1 is 1.14 bits per heavy atom. The van der Waals surface area contributed by atoms with Crippen LogP contribution in [0.25, 0.3) is 11.6 Å². The Morgan fingerprint density at radius 3 is 2.62 bits per heavy atom. The maximum atomic E-state index is 14.0. The van der Waals surface area contributed by atoms with Crippen LogP contribution in [0.4, 0.5) is 4.39 Å². The van der Waals surface area contributed by atoms with Gasteiger partial charge in [0.2, 0.25) is 0 Å².